The van der Waals surface area contributed by atoms with E-state index in [2.05, 4.69) is 4.57 Å². The molecular formula is C30H25ClF2N2O2. The lowest BCUT2D eigenvalue weighted by Crippen LogP contribution is -2.09. The first-order valence-electron chi connectivity index (χ1n) is 11.9. The van der Waals surface area contributed by atoms with Crippen LogP contribution in [0.4, 0.5) is 8.78 Å². The molecule has 0 amide bonds. The molecule has 7 heteroatoms. The van der Waals surface area contributed by atoms with Crippen LogP contribution >= 0.6 is 11.6 Å². The van der Waals surface area contributed by atoms with Gasteiger partial charge in [-0.05, 0) is 59.2 Å². The number of halogens is 3. The fourth-order valence-electron chi connectivity index (χ4n) is 4.30. The maximum Gasteiger partial charge on any atom is 0.131 e. The Hall–Kier alpha value is -3.74. The van der Waals surface area contributed by atoms with Gasteiger partial charge in [-0.2, -0.15) is 0 Å². The van der Waals surface area contributed by atoms with Crippen molar-refractivity contribution in [2.24, 2.45) is 0 Å². The zero-order valence-electron chi connectivity index (χ0n) is 20.3. The molecule has 188 valence electrons. The van der Waals surface area contributed by atoms with Gasteiger partial charge < -0.3 is 14.0 Å². The molecule has 0 saturated heterocycles. The molecule has 0 spiro atoms. The van der Waals surface area contributed by atoms with E-state index in [1.807, 2.05) is 48.5 Å². The molecule has 4 nitrogen and oxygen atoms in total. The van der Waals surface area contributed by atoms with Crippen LogP contribution in [0.5, 0.6) is 5.75 Å². The van der Waals surface area contributed by atoms with Crippen molar-refractivity contribution in [3.05, 3.63) is 119 Å². The molecular weight excluding hydrogens is 494 g/mol. The van der Waals surface area contributed by atoms with Gasteiger partial charge in [-0.15, -0.1) is 0 Å². The molecule has 5 aromatic rings. The molecule has 0 saturated carbocycles. The summed E-state index contributed by atoms with van der Waals surface area (Å²) in [5.74, 6) is 0.618. The van der Waals surface area contributed by atoms with Crippen LogP contribution < -0.4 is 4.74 Å². The van der Waals surface area contributed by atoms with Crippen LogP contribution in [0.2, 0.25) is 5.02 Å². The summed E-state index contributed by atoms with van der Waals surface area (Å²) < 4.78 is 42.5. The van der Waals surface area contributed by atoms with Crippen LogP contribution in [-0.4, -0.2) is 23.3 Å². The second-order valence-corrected chi connectivity index (χ2v) is 9.13. The Morgan fingerprint density at radius 1 is 0.838 bits per heavy atom. The van der Waals surface area contributed by atoms with E-state index in [1.54, 1.807) is 31.4 Å². The van der Waals surface area contributed by atoms with E-state index in [0.29, 0.717) is 41.5 Å². The van der Waals surface area contributed by atoms with Crippen LogP contribution in [-0.2, 0) is 24.3 Å². The number of nitrogens with zero attached hydrogens (tertiary/aromatic N) is 2. The summed E-state index contributed by atoms with van der Waals surface area (Å²) in [5.41, 5.74) is 4.36. The zero-order valence-corrected chi connectivity index (χ0v) is 21.0. The number of benzene rings is 4. The molecule has 0 radical (unpaired) electrons. The third-order valence-corrected chi connectivity index (χ3v) is 6.47. The first kappa shape index (κ1) is 24.9. The summed E-state index contributed by atoms with van der Waals surface area (Å²) >= 11 is 5.82. The van der Waals surface area contributed by atoms with Gasteiger partial charge in [0.05, 0.1) is 17.6 Å². The monoisotopic (exact) mass is 518 g/mol. The standard InChI is InChI=1S/C30H25ClF2N2O2/c1-36-14-13-35-29-8-3-2-7-28(29)34-30(35)17-22-10-9-21(16-26(22)32)20-5-4-6-25(15-20)37-19-23-11-12-24(31)18-27(23)33/h2-12,15-16,18H,13-14,17,19H2,1H3. The largest absolute Gasteiger partial charge is 0.489 e. The van der Waals surface area contributed by atoms with Gasteiger partial charge in [0, 0.05) is 30.7 Å². The van der Waals surface area contributed by atoms with Gasteiger partial charge in [-0.25, -0.2) is 13.8 Å². The van der Waals surface area contributed by atoms with Crippen LogP contribution in [0.15, 0.2) is 84.9 Å². The third-order valence-electron chi connectivity index (χ3n) is 6.23. The molecule has 5 rings (SSSR count). The van der Waals surface area contributed by atoms with Crippen molar-refractivity contribution in [2.45, 2.75) is 19.6 Å². The van der Waals surface area contributed by atoms with Crippen molar-refractivity contribution in [1.29, 1.82) is 0 Å². The van der Waals surface area contributed by atoms with Crippen molar-refractivity contribution < 1.29 is 18.3 Å². The van der Waals surface area contributed by atoms with Gasteiger partial charge in [-0.1, -0.05) is 54.1 Å². The quantitative estimate of drug-likeness (QED) is 0.203. The lowest BCUT2D eigenvalue weighted by atomic mass is 10.0. The van der Waals surface area contributed by atoms with E-state index in [9.17, 15) is 4.39 Å². The third kappa shape index (κ3) is 5.66. The average molecular weight is 519 g/mol. The van der Waals surface area contributed by atoms with E-state index in [0.717, 1.165) is 28.0 Å². The summed E-state index contributed by atoms with van der Waals surface area (Å²) in [5, 5.41) is 0.334. The minimum atomic E-state index is -0.419. The van der Waals surface area contributed by atoms with Gasteiger partial charge in [0.25, 0.3) is 0 Å². The topological polar surface area (TPSA) is 36.3 Å². The number of hydrogen-bond donors (Lipinski definition) is 0. The number of methoxy groups -OCH3 is 1. The van der Waals surface area contributed by atoms with E-state index in [-0.39, 0.29) is 12.4 Å². The Balaban J connectivity index is 1.35. The van der Waals surface area contributed by atoms with Crippen LogP contribution in [0.3, 0.4) is 0 Å². The minimum Gasteiger partial charge on any atom is -0.489 e. The Bertz CT molecular complexity index is 1550. The molecule has 1 heterocycles. The second kappa shape index (κ2) is 11.1. The number of aromatic nitrogens is 2. The number of imidazole rings is 1. The maximum atomic E-state index is 15.3. The summed E-state index contributed by atoms with van der Waals surface area (Å²) in [6.45, 7) is 1.24. The summed E-state index contributed by atoms with van der Waals surface area (Å²) in [4.78, 5) is 4.74. The van der Waals surface area contributed by atoms with Gasteiger partial charge in [0.15, 0.2) is 0 Å². The molecule has 0 N–H and O–H groups in total. The van der Waals surface area contributed by atoms with Crippen molar-refractivity contribution in [2.75, 3.05) is 13.7 Å². The highest BCUT2D eigenvalue weighted by atomic mass is 35.5. The summed E-state index contributed by atoms with van der Waals surface area (Å²) in [7, 11) is 1.66. The molecule has 0 atom stereocenters. The number of rotatable bonds is 9. The van der Waals surface area contributed by atoms with Crippen molar-refractivity contribution in [1.82, 2.24) is 9.55 Å². The summed E-state index contributed by atoms with van der Waals surface area (Å²) in [6, 6.07) is 24.9. The molecule has 0 unspecified atom stereocenters. The minimum absolute atomic E-state index is 0.0594. The Kier molecular flexibility index (Phi) is 7.49. The van der Waals surface area contributed by atoms with Crippen LogP contribution in [0, 0.1) is 11.6 Å². The van der Waals surface area contributed by atoms with Gasteiger partial charge in [0.2, 0.25) is 0 Å². The number of ether oxygens (including phenoxy) is 2. The molecule has 4 aromatic carbocycles. The van der Waals surface area contributed by atoms with Crippen LogP contribution in [0.1, 0.15) is 17.0 Å². The molecule has 0 fully saturated rings. The number of hydrogen-bond acceptors (Lipinski definition) is 3. The van der Waals surface area contributed by atoms with E-state index in [1.165, 1.54) is 12.1 Å². The first-order valence-corrected chi connectivity index (χ1v) is 12.3. The normalized spacial score (nSPS) is 11.2. The fraction of sp³-hybridized carbons (Fsp3) is 0.167. The van der Waals surface area contributed by atoms with Crippen molar-refractivity contribution in [3.63, 3.8) is 0 Å². The Morgan fingerprint density at radius 3 is 2.43 bits per heavy atom. The highest BCUT2D eigenvalue weighted by molar-refractivity contribution is 6.30. The van der Waals surface area contributed by atoms with Crippen LogP contribution in [0.25, 0.3) is 22.2 Å². The summed E-state index contributed by atoms with van der Waals surface area (Å²) in [6.07, 6.45) is 0.361. The van der Waals surface area contributed by atoms with Crippen molar-refractivity contribution in [3.8, 4) is 16.9 Å². The number of para-hydroxylation sites is 2. The predicted octanol–water partition coefficient (Wildman–Crippen LogP) is 7.45. The Labute approximate surface area is 219 Å². The van der Waals surface area contributed by atoms with E-state index >= 15 is 4.39 Å². The zero-order chi connectivity index (χ0) is 25.8. The lowest BCUT2D eigenvalue weighted by molar-refractivity contribution is 0.187. The van der Waals surface area contributed by atoms with E-state index in [4.69, 9.17) is 26.1 Å². The van der Waals surface area contributed by atoms with Gasteiger partial charge in [0.1, 0.15) is 29.8 Å². The first-order chi connectivity index (χ1) is 18.0. The second-order valence-electron chi connectivity index (χ2n) is 8.70. The van der Waals surface area contributed by atoms with E-state index < -0.39 is 5.82 Å². The Morgan fingerprint density at radius 2 is 1.62 bits per heavy atom. The lowest BCUT2D eigenvalue weighted by Gasteiger charge is -2.11. The van der Waals surface area contributed by atoms with Gasteiger partial charge in [-0.3, -0.25) is 0 Å². The SMILES string of the molecule is COCCn1c(Cc2ccc(-c3cccc(OCc4ccc(Cl)cc4F)c3)cc2F)nc2ccccc21. The molecule has 0 aliphatic heterocycles. The van der Waals surface area contributed by atoms with Gasteiger partial charge >= 0.3 is 0 Å². The fourth-order valence-corrected chi connectivity index (χ4v) is 4.46. The molecule has 37 heavy (non-hydrogen) atoms. The molecule has 0 aliphatic carbocycles. The average Bonchev–Trinajstić information content (AvgIpc) is 3.25. The van der Waals surface area contributed by atoms with Crippen molar-refractivity contribution >= 4 is 22.6 Å². The molecule has 0 bridgehead atoms. The highest BCUT2D eigenvalue weighted by Crippen LogP contribution is 2.28. The maximum absolute atomic E-state index is 15.3. The highest BCUT2D eigenvalue weighted by Gasteiger charge is 2.14. The predicted molar refractivity (Wildman–Crippen MR) is 142 cm³/mol. The number of fused-ring (bicyclic) bond motifs is 1. The smallest absolute Gasteiger partial charge is 0.131 e. The molecule has 1 aromatic heterocycles. The molecule has 0 aliphatic rings.